The lowest BCUT2D eigenvalue weighted by atomic mass is 10.0. The van der Waals surface area contributed by atoms with Crippen LogP contribution < -0.4 is 4.74 Å². The summed E-state index contributed by atoms with van der Waals surface area (Å²) in [7, 11) is 5.99. The molecule has 4 heteroatoms. The van der Waals surface area contributed by atoms with E-state index in [0.29, 0.717) is 5.92 Å². The smallest absolute Gasteiger partial charge is 0.143 e. The van der Waals surface area contributed by atoms with Crippen LogP contribution in [0.4, 0.5) is 0 Å². The maximum atomic E-state index is 5.73. The molecule has 2 aromatic carbocycles. The largest absolute Gasteiger partial charge is 0.495 e. The maximum Gasteiger partial charge on any atom is 0.143 e. The van der Waals surface area contributed by atoms with Gasteiger partial charge in [0.05, 0.1) is 12.6 Å². The van der Waals surface area contributed by atoms with Crippen LogP contribution in [0.1, 0.15) is 6.92 Å². The molecule has 154 valence electrons. The summed E-state index contributed by atoms with van der Waals surface area (Å²) >= 11 is 0. The van der Waals surface area contributed by atoms with E-state index < -0.39 is 0 Å². The van der Waals surface area contributed by atoms with E-state index in [1.807, 2.05) is 24.5 Å². The fraction of sp³-hybridized carbons (Fsp3) is 0.269. The van der Waals surface area contributed by atoms with Crippen LogP contribution in [0.2, 0.25) is 0 Å². The first-order valence-corrected chi connectivity index (χ1v) is 10.4. The highest BCUT2D eigenvalue weighted by atomic mass is 16.5. The van der Waals surface area contributed by atoms with Crippen molar-refractivity contribution < 1.29 is 4.74 Å². The standard InChI is InChI=1S/C26H29N3O/c1-19(16-28(2)3)17-29-18-24(23-11-8-12-25(30-4)26(23)29)22-13-21(14-27-15-22)20-9-6-5-7-10-20/h5-15,18-19H,16-17H2,1-4H3. The molecule has 0 saturated carbocycles. The lowest BCUT2D eigenvalue weighted by Gasteiger charge is -2.18. The van der Waals surface area contributed by atoms with Gasteiger partial charge in [0.1, 0.15) is 5.75 Å². The molecule has 0 saturated heterocycles. The third-order valence-electron chi connectivity index (χ3n) is 5.42. The number of para-hydroxylation sites is 1. The first-order valence-electron chi connectivity index (χ1n) is 10.4. The number of methoxy groups -OCH3 is 1. The zero-order valence-electron chi connectivity index (χ0n) is 18.2. The minimum absolute atomic E-state index is 0.516. The lowest BCUT2D eigenvalue weighted by molar-refractivity contribution is 0.317. The molecule has 2 heterocycles. The van der Waals surface area contributed by atoms with E-state index in [4.69, 9.17) is 4.74 Å². The average molecular weight is 400 g/mol. The first-order chi connectivity index (χ1) is 14.6. The van der Waals surface area contributed by atoms with E-state index in [2.05, 4.69) is 84.1 Å². The van der Waals surface area contributed by atoms with Gasteiger partial charge in [-0.3, -0.25) is 4.98 Å². The third kappa shape index (κ3) is 4.10. The summed E-state index contributed by atoms with van der Waals surface area (Å²) in [5.74, 6) is 1.42. The van der Waals surface area contributed by atoms with E-state index in [1.54, 1.807) is 7.11 Å². The van der Waals surface area contributed by atoms with Crippen molar-refractivity contribution in [2.24, 2.45) is 5.92 Å². The lowest BCUT2D eigenvalue weighted by Crippen LogP contribution is -2.22. The Morgan fingerprint density at radius 2 is 1.73 bits per heavy atom. The molecule has 2 aromatic heterocycles. The van der Waals surface area contributed by atoms with Crippen molar-refractivity contribution in [2.45, 2.75) is 13.5 Å². The predicted octanol–water partition coefficient (Wildman–Crippen LogP) is 5.58. The SMILES string of the molecule is COc1cccc2c(-c3cncc(-c4ccccc4)c3)cn(CC(C)CN(C)C)c12. The van der Waals surface area contributed by atoms with Gasteiger partial charge in [0, 0.05) is 53.8 Å². The van der Waals surface area contributed by atoms with E-state index in [0.717, 1.165) is 35.5 Å². The van der Waals surface area contributed by atoms with Crippen LogP contribution in [-0.4, -0.2) is 42.2 Å². The summed E-state index contributed by atoms with van der Waals surface area (Å²) in [4.78, 5) is 6.79. The molecule has 1 atom stereocenters. The van der Waals surface area contributed by atoms with Gasteiger partial charge in [0.2, 0.25) is 0 Å². The van der Waals surface area contributed by atoms with Crippen molar-refractivity contribution in [1.29, 1.82) is 0 Å². The summed E-state index contributed by atoms with van der Waals surface area (Å²) in [6.45, 7) is 4.26. The van der Waals surface area contributed by atoms with Gasteiger partial charge in [-0.05, 0) is 37.7 Å². The molecule has 4 nitrogen and oxygen atoms in total. The normalized spacial score (nSPS) is 12.4. The Morgan fingerprint density at radius 3 is 2.47 bits per heavy atom. The first kappa shape index (κ1) is 20.2. The fourth-order valence-corrected chi connectivity index (χ4v) is 4.26. The number of fused-ring (bicyclic) bond motifs is 1. The Labute approximate surface area is 178 Å². The number of nitrogens with zero attached hydrogens (tertiary/aromatic N) is 3. The van der Waals surface area contributed by atoms with Crippen molar-refractivity contribution in [3.8, 4) is 28.0 Å². The van der Waals surface area contributed by atoms with Crippen molar-refractivity contribution >= 4 is 10.9 Å². The number of pyridine rings is 1. The van der Waals surface area contributed by atoms with Gasteiger partial charge in [-0.2, -0.15) is 0 Å². The van der Waals surface area contributed by atoms with Crippen molar-refractivity contribution in [1.82, 2.24) is 14.5 Å². The molecule has 0 spiro atoms. The second-order valence-corrected chi connectivity index (χ2v) is 8.25. The zero-order valence-corrected chi connectivity index (χ0v) is 18.2. The molecule has 0 aliphatic carbocycles. The number of rotatable bonds is 7. The van der Waals surface area contributed by atoms with Crippen LogP contribution in [0.25, 0.3) is 33.2 Å². The number of ether oxygens (including phenoxy) is 1. The average Bonchev–Trinajstić information content (AvgIpc) is 3.12. The fourth-order valence-electron chi connectivity index (χ4n) is 4.26. The van der Waals surface area contributed by atoms with Crippen LogP contribution in [0.15, 0.2) is 73.2 Å². The Bertz CT molecular complexity index is 1130. The molecular weight excluding hydrogens is 370 g/mol. The molecule has 0 radical (unpaired) electrons. The second-order valence-electron chi connectivity index (χ2n) is 8.25. The van der Waals surface area contributed by atoms with Crippen LogP contribution in [0.3, 0.4) is 0 Å². The maximum absolute atomic E-state index is 5.73. The molecule has 0 fully saturated rings. The highest BCUT2D eigenvalue weighted by Gasteiger charge is 2.17. The van der Waals surface area contributed by atoms with E-state index in [-0.39, 0.29) is 0 Å². The van der Waals surface area contributed by atoms with Gasteiger partial charge in [0.25, 0.3) is 0 Å². The van der Waals surface area contributed by atoms with Crippen molar-refractivity contribution in [3.05, 3.63) is 73.2 Å². The molecule has 0 bridgehead atoms. The molecule has 4 aromatic rings. The third-order valence-corrected chi connectivity index (χ3v) is 5.42. The summed E-state index contributed by atoms with van der Waals surface area (Å²) in [6, 6.07) is 18.9. The highest BCUT2D eigenvalue weighted by Crippen LogP contribution is 2.37. The van der Waals surface area contributed by atoms with Crippen LogP contribution in [0.5, 0.6) is 5.75 Å². The Balaban J connectivity index is 1.82. The van der Waals surface area contributed by atoms with Gasteiger partial charge in [0.15, 0.2) is 0 Å². The van der Waals surface area contributed by atoms with Crippen LogP contribution in [-0.2, 0) is 6.54 Å². The summed E-state index contributed by atoms with van der Waals surface area (Å²) < 4.78 is 8.07. The van der Waals surface area contributed by atoms with Gasteiger partial charge >= 0.3 is 0 Å². The summed E-state index contributed by atoms with van der Waals surface area (Å²) in [6.07, 6.45) is 6.14. The molecule has 30 heavy (non-hydrogen) atoms. The van der Waals surface area contributed by atoms with Crippen molar-refractivity contribution in [3.63, 3.8) is 0 Å². The van der Waals surface area contributed by atoms with Gasteiger partial charge in [-0.1, -0.05) is 49.4 Å². The topological polar surface area (TPSA) is 30.3 Å². The van der Waals surface area contributed by atoms with E-state index in [9.17, 15) is 0 Å². The van der Waals surface area contributed by atoms with Gasteiger partial charge < -0.3 is 14.2 Å². The monoisotopic (exact) mass is 399 g/mol. The number of hydrogen-bond acceptors (Lipinski definition) is 3. The minimum atomic E-state index is 0.516. The highest BCUT2D eigenvalue weighted by molar-refractivity contribution is 5.99. The van der Waals surface area contributed by atoms with Crippen LogP contribution >= 0.6 is 0 Å². The molecule has 0 aliphatic rings. The molecular formula is C26H29N3O. The minimum Gasteiger partial charge on any atom is -0.495 e. The van der Waals surface area contributed by atoms with Crippen molar-refractivity contribution in [2.75, 3.05) is 27.7 Å². The molecule has 0 aliphatic heterocycles. The van der Waals surface area contributed by atoms with E-state index >= 15 is 0 Å². The Kier molecular flexibility index (Phi) is 5.86. The Morgan fingerprint density at radius 1 is 0.967 bits per heavy atom. The molecule has 4 rings (SSSR count). The van der Waals surface area contributed by atoms with Gasteiger partial charge in [-0.25, -0.2) is 0 Å². The van der Waals surface area contributed by atoms with Crippen LogP contribution in [0, 0.1) is 5.92 Å². The quantitative estimate of drug-likeness (QED) is 0.407. The molecule has 0 N–H and O–H groups in total. The summed E-state index contributed by atoms with van der Waals surface area (Å²) in [5, 5.41) is 1.19. The van der Waals surface area contributed by atoms with E-state index in [1.165, 1.54) is 16.5 Å². The predicted molar refractivity (Wildman–Crippen MR) is 125 cm³/mol. The number of aromatic nitrogens is 2. The Hall–Kier alpha value is -3.11. The molecule has 1 unspecified atom stereocenters. The second kappa shape index (κ2) is 8.72. The molecule has 0 amide bonds. The van der Waals surface area contributed by atoms with Gasteiger partial charge in [-0.15, -0.1) is 0 Å². The number of benzene rings is 2. The zero-order chi connectivity index (χ0) is 21.1. The number of hydrogen-bond donors (Lipinski definition) is 0. The summed E-state index contributed by atoms with van der Waals surface area (Å²) in [5.41, 5.74) is 5.75.